The number of nitrogens with two attached hydrogens (primary N) is 1. The highest BCUT2D eigenvalue weighted by atomic mass is 32.2. The van der Waals surface area contributed by atoms with Crippen molar-refractivity contribution in [3.63, 3.8) is 0 Å². The zero-order valence-electron chi connectivity index (χ0n) is 12.1. The zero-order valence-corrected chi connectivity index (χ0v) is 13.7. The lowest BCUT2D eigenvalue weighted by Crippen LogP contribution is -2.21. The molecule has 1 aromatic carbocycles. The Morgan fingerprint density at radius 2 is 1.95 bits per heavy atom. The molecule has 0 aliphatic carbocycles. The van der Waals surface area contributed by atoms with E-state index in [-0.39, 0.29) is 17.6 Å². The van der Waals surface area contributed by atoms with Crippen LogP contribution in [0.1, 0.15) is 10.4 Å². The van der Waals surface area contributed by atoms with Crippen molar-refractivity contribution in [1.29, 1.82) is 0 Å². The van der Waals surface area contributed by atoms with E-state index in [1.54, 1.807) is 38.4 Å². The predicted octanol–water partition coefficient (Wildman–Crippen LogP) is 1.55. The van der Waals surface area contributed by atoms with Crippen molar-refractivity contribution in [1.82, 2.24) is 15.1 Å². The Labute approximate surface area is 135 Å². The van der Waals surface area contributed by atoms with Crippen molar-refractivity contribution >= 4 is 45.7 Å². The molecule has 3 N–H and O–H groups in total. The Balaban J connectivity index is 1.87. The molecule has 0 spiro atoms. The quantitative estimate of drug-likeness (QED) is 0.803. The number of thioether (sulfide) groups is 1. The van der Waals surface area contributed by atoms with E-state index in [1.165, 1.54) is 28.0 Å². The molecule has 1 aromatic heterocycles. The highest BCUT2D eigenvalue weighted by Crippen LogP contribution is 2.23. The first kappa shape index (κ1) is 16.2. The maximum Gasteiger partial charge on any atom is 0.253 e. The lowest BCUT2D eigenvalue weighted by atomic mass is 10.2. The van der Waals surface area contributed by atoms with E-state index < -0.39 is 0 Å². The average molecular weight is 337 g/mol. The molecule has 0 unspecified atom stereocenters. The fraction of sp³-hybridized carbons (Fsp3) is 0.231. The van der Waals surface area contributed by atoms with E-state index in [0.717, 1.165) is 0 Å². The summed E-state index contributed by atoms with van der Waals surface area (Å²) in [5.41, 5.74) is 6.68. The molecule has 7 nitrogen and oxygen atoms in total. The van der Waals surface area contributed by atoms with Crippen molar-refractivity contribution in [3.8, 4) is 0 Å². The van der Waals surface area contributed by atoms with Crippen LogP contribution in [-0.2, 0) is 4.79 Å². The maximum absolute atomic E-state index is 11.8. The van der Waals surface area contributed by atoms with Gasteiger partial charge >= 0.3 is 0 Å². The minimum absolute atomic E-state index is 0.0812. The fourth-order valence-corrected chi connectivity index (χ4v) is 2.99. The van der Waals surface area contributed by atoms with Crippen LogP contribution >= 0.6 is 23.1 Å². The summed E-state index contributed by atoms with van der Waals surface area (Å²) >= 11 is 2.51. The first-order valence-corrected chi connectivity index (χ1v) is 8.09. The van der Waals surface area contributed by atoms with Crippen molar-refractivity contribution in [2.75, 3.05) is 30.9 Å². The van der Waals surface area contributed by atoms with E-state index >= 15 is 0 Å². The van der Waals surface area contributed by atoms with Crippen LogP contribution < -0.4 is 11.1 Å². The number of nitrogen functional groups attached to an aromatic ring is 1. The summed E-state index contributed by atoms with van der Waals surface area (Å²) in [5.74, 6) is -0.0275. The Hall–Kier alpha value is -2.13. The van der Waals surface area contributed by atoms with Gasteiger partial charge in [0, 0.05) is 25.3 Å². The minimum atomic E-state index is -0.162. The smallest absolute Gasteiger partial charge is 0.253 e. The van der Waals surface area contributed by atoms with Gasteiger partial charge in [-0.15, -0.1) is 10.2 Å². The SMILES string of the molecule is CN(C)C(=O)c1ccc(NC(=O)CSc2nnc(N)s2)cc1. The molecule has 0 saturated heterocycles. The summed E-state index contributed by atoms with van der Waals surface area (Å²) in [6.45, 7) is 0. The third-order valence-electron chi connectivity index (χ3n) is 2.57. The number of hydrogen-bond donors (Lipinski definition) is 2. The number of rotatable bonds is 5. The first-order valence-electron chi connectivity index (χ1n) is 6.29. The van der Waals surface area contributed by atoms with Crippen molar-refractivity contribution in [2.24, 2.45) is 0 Å². The van der Waals surface area contributed by atoms with E-state index in [2.05, 4.69) is 15.5 Å². The largest absolute Gasteiger partial charge is 0.374 e. The molecule has 22 heavy (non-hydrogen) atoms. The molecule has 2 amide bonds. The Morgan fingerprint density at radius 3 is 2.50 bits per heavy atom. The van der Waals surface area contributed by atoms with Gasteiger partial charge in [-0.2, -0.15) is 0 Å². The summed E-state index contributed by atoms with van der Waals surface area (Å²) in [6, 6.07) is 6.75. The van der Waals surface area contributed by atoms with Crippen molar-refractivity contribution in [2.45, 2.75) is 4.34 Å². The summed E-state index contributed by atoms with van der Waals surface area (Å²) in [7, 11) is 3.38. The van der Waals surface area contributed by atoms with Crippen molar-refractivity contribution < 1.29 is 9.59 Å². The normalized spacial score (nSPS) is 10.3. The number of amides is 2. The molecule has 116 valence electrons. The molecule has 0 bridgehead atoms. The van der Waals surface area contributed by atoms with Crippen LogP contribution in [0.2, 0.25) is 0 Å². The van der Waals surface area contributed by atoms with Gasteiger partial charge in [0.2, 0.25) is 11.0 Å². The van der Waals surface area contributed by atoms with Gasteiger partial charge in [-0.05, 0) is 24.3 Å². The van der Waals surface area contributed by atoms with Gasteiger partial charge in [0.25, 0.3) is 5.91 Å². The summed E-state index contributed by atoms with van der Waals surface area (Å²) in [6.07, 6.45) is 0. The summed E-state index contributed by atoms with van der Waals surface area (Å²) < 4.78 is 0.652. The monoisotopic (exact) mass is 337 g/mol. The second-order valence-corrected chi connectivity index (χ2v) is 6.75. The van der Waals surface area contributed by atoms with Gasteiger partial charge in [0.15, 0.2) is 4.34 Å². The van der Waals surface area contributed by atoms with Gasteiger partial charge in [0.05, 0.1) is 5.75 Å². The van der Waals surface area contributed by atoms with Crippen LogP contribution in [0.5, 0.6) is 0 Å². The number of nitrogens with zero attached hydrogens (tertiary/aromatic N) is 3. The highest BCUT2D eigenvalue weighted by molar-refractivity contribution is 8.01. The Kier molecular flexibility index (Phi) is 5.34. The third-order valence-corrected chi connectivity index (χ3v) is 4.46. The van der Waals surface area contributed by atoms with E-state index in [4.69, 9.17) is 5.73 Å². The van der Waals surface area contributed by atoms with Crippen LogP contribution in [0, 0.1) is 0 Å². The number of aromatic nitrogens is 2. The van der Waals surface area contributed by atoms with Crippen LogP contribution in [0.15, 0.2) is 28.6 Å². The van der Waals surface area contributed by atoms with Crippen molar-refractivity contribution in [3.05, 3.63) is 29.8 Å². The summed E-state index contributed by atoms with van der Waals surface area (Å²) in [5, 5.41) is 10.6. The molecule has 0 fully saturated rings. The summed E-state index contributed by atoms with van der Waals surface area (Å²) in [4.78, 5) is 25.1. The molecular weight excluding hydrogens is 322 g/mol. The van der Waals surface area contributed by atoms with Crippen LogP contribution in [-0.4, -0.2) is 46.8 Å². The highest BCUT2D eigenvalue weighted by Gasteiger charge is 2.09. The van der Waals surface area contributed by atoms with Crippen LogP contribution in [0.25, 0.3) is 0 Å². The standard InChI is InChI=1S/C13H15N5O2S2/c1-18(2)11(20)8-3-5-9(6-4-8)15-10(19)7-21-13-17-16-12(14)22-13/h3-6H,7H2,1-2H3,(H2,14,16)(H,15,19). The number of carbonyl (C=O) groups excluding carboxylic acids is 2. The van der Waals surface area contributed by atoms with Crippen LogP contribution in [0.3, 0.4) is 0 Å². The second-order valence-electron chi connectivity index (χ2n) is 4.52. The maximum atomic E-state index is 11.8. The molecular formula is C13H15N5O2S2. The topological polar surface area (TPSA) is 101 Å². The second kappa shape index (κ2) is 7.23. The van der Waals surface area contributed by atoms with Gasteiger partial charge in [-0.3, -0.25) is 9.59 Å². The molecule has 9 heteroatoms. The minimum Gasteiger partial charge on any atom is -0.374 e. The first-order chi connectivity index (χ1) is 10.5. The lowest BCUT2D eigenvalue weighted by Gasteiger charge is -2.10. The zero-order chi connectivity index (χ0) is 16.1. The average Bonchev–Trinajstić information content (AvgIpc) is 2.91. The van der Waals surface area contributed by atoms with Gasteiger partial charge in [-0.25, -0.2) is 0 Å². The molecule has 0 aliphatic rings. The molecule has 2 rings (SSSR count). The number of carbonyl (C=O) groups is 2. The van der Waals surface area contributed by atoms with Crippen LogP contribution in [0.4, 0.5) is 10.8 Å². The molecule has 0 aliphatic heterocycles. The number of nitrogens with one attached hydrogen (secondary N) is 1. The molecule has 0 radical (unpaired) electrons. The number of hydrogen-bond acceptors (Lipinski definition) is 7. The van der Waals surface area contributed by atoms with Gasteiger partial charge in [-0.1, -0.05) is 23.1 Å². The molecule has 1 heterocycles. The third kappa shape index (κ3) is 4.43. The van der Waals surface area contributed by atoms with E-state index in [0.29, 0.717) is 20.7 Å². The molecule has 2 aromatic rings. The predicted molar refractivity (Wildman–Crippen MR) is 88.1 cm³/mol. The molecule has 0 saturated carbocycles. The van der Waals surface area contributed by atoms with Gasteiger partial charge in [0.1, 0.15) is 0 Å². The molecule has 0 atom stereocenters. The van der Waals surface area contributed by atoms with E-state index in [1.807, 2.05) is 0 Å². The van der Waals surface area contributed by atoms with E-state index in [9.17, 15) is 9.59 Å². The fourth-order valence-electron chi connectivity index (χ4n) is 1.56. The Morgan fingerprint density at radius 1 is 1.27 bits per heavy atom. The number of benzene rings is 1. The van der Waals surface area contributed by atoms with Gasteiger partial charge < -0.3 is 16.0 Å². The Bertz CT molecular complexity index is 669. The lowest BCUT2D eigenvalue weighted by molar-refractivity contribution is -0.113. The number of anilines is 2.